The molecule has 1 aromatic rings. The van der Waals surface area contributed by atoms with Crippen LogP contribution in [0.15, 0.2) is 21.7 Å². The molecule has 22 heavy (non-hydrogen) atoms. The molecule has 2 aliphatic heterocycles. The molecule has 0 saturated carbocycles. The van der Waals surface area contributed by atoms with Crippen LogP contribution < -0.4 is 17.0 Å². The van der Waals surface area contributed by atoms with Gasteiger partial charge in [-0.05, 0) is 44.0 Å². The van der Waals surface area contributed by atoms with Gasteiger partial charge in [0.1, 0.15) is 0 Å². The van der Waals surface area contributed by atoms with E-state index in [0.29, 0.717) is 5.52 Å². The molecule has 2 heterocycles. The Hall–Kier alpha value is -2.25. The van der Waals surface area contributed by atoms with Crippen LogP contribution in [0.4, 0.5) is 0 Å². The average molecular weight is 322 g/mol. The first kappa shape index (κ1) is 16.1. The Morgan fingerprint density at radius 3 is 2.45 bits per heavy atom. The number of hydrogen-bond donors (Lipinski definition) is 2. The second-order valence-corrected chi connectivity index (χ2v) is 5.19. The molecule has 3 rings (SSSR count). The first-order valence-corrected chi connectivity index (χ1v) is 6.57. The third kappa shape index (κ3) is 2.38. The Labute approximate surface area is 132 Å². The molecular formula is C14H16ClN5O2. The molecule has 1 aromatic carbocycles. The largest absolute Gasteiger partial charge is 0.349 e. The van der Waals surface area contributed by atoms with E-state index in [1.165, 1.54) is 0 Å². The fourth-order valence-corrected chi connectivity index (χ4v) is 2.42. The number of nitrogens with zero attached hydrogens (tertiary/aromatic N) is 3. The number of hydrogen-bond acceptors (Lipinski definition) is 5. The molecule has 0 aliphatic carbocycles. The molecule has 1 unspecified atom stereocenters. The lowest BCUT2D eigenvalue weighted by Crippen LogP contribution is -2.31. The summed E-state index contributed by atoms with van der Waals surface area (Å²) in [5.74, 6) is 0.203. The summed E-state index contributed by atoms with van der Waals surface area (Å²) < 4.78 is 1.67. The van der Waals surface area contributed by atoms with Gasteiger partial charge in [0.25, 0.3) is 5.56 Å². The van der Waals surface area contributed by atoms with E-state index in [-0.39, 0.29) is 23.9 Å². The number of fused-ring (bicyclic) bond motifs is 2. The Balaban J connectivity index is 0.00000176. The van der Waals surface area contributed by atoms with Crippen molar-refractivity contribution in [2.75, 3.05) is 0 Å². The van der Waals surface area contributed by atoms with Crippen molar-refractivity contribution in [3.8, 4) is 11.5 Å². The molecule has 116 valence electrons. The number of aryl methyl sites for hydroxylation is 2. The van der Waals surface area contributed by atoms with Gasteiger partial charge in [-0.2, -0.15) is 4.98 Å². The number of aromatic nitrogens is 4. The lowest BCUT2D eigenvalue weighted by molar-refractivity contribution is 0.581. The van der Waals surface area contributed by atoms with Crippen molar-refractivity contribution < 1.29 is 0 Å². The highest BCUT2D eigenvalue weighted by Gasteiger charge is 2.20. The molecule has 8 heteroatoms. The van der Waals surface area contributed by atoms with E-state index in [4.69, 9.17) is 5.73 Å². The molecule has 0 aromatic heterocycles. The summed E-state index contributed by atoms with van der Waals surface area (Å²) in [6, 6.07) is 3.83. The van der Waals surface area contributed by atoms with Gasteiger partial charge >= 0.3 is 5.69 Å². The number of aromatic amines is 1. The van der Waals surface area contributed by atoms with Crippen molar-refractivity contribution in [3.63, 3.8) is 0 Å². The number of benzene rings is 1. The molecule has 0 fully saturated rings. The van der Waals surface area contributed by atoms with Gasteiger partial charge in [0.05, 0.1) is 17.2 Å². The van der Waals surface area contributed by atoms with Gasteiger partial charge in [0, 0.05) is 0 Å². The lowest BCUT2D eigenvalue weighted by atomic mass is 10.1. The van der Waals surface area contributed by atoms with E-state index in [1.807, 2.05) is 26.0 Å². The van der Waals surface area contributed by atoms with Crippen molar-refractivity contribution >= 4 is 23.4 Å². The van der Waals surface area contributed by atoms with Crippen LogP contribution >= 0.6 is 12.4 Å². The Kier molecular flexibility index (Phi) is 4.04. The standard InChI is InChI=1S/C14H15N5O2.ClH/c1-6-4-9-10(5-7(6)2)19(8(3)15)12-11(16-9)13(20)18-14(21)17-12;/h4-5,8H,15H2,1-3H3,(H,18,20,21);1H. The van der Waals surface area contributed by atoms with Crippen molar-refractivity contribution in [1.29, 1.82) is 0 Å². The molecule has 0 spiro atoms. The maximum Gasteiger partial charge on any atom is 0.349 e. The number of halogens is 1. The Bertz CT molecular complexity index is 944. The van der Waals surface area contributed by atoms with Crippen molar-refractivity contribution in [3.05, 3.63) is 44.1 Å². The summed E-state index contributed by atoms with van der Waals surface area (Å²) in [7, 11) is 0. The van der Waals surface area contributed by atoms with Crippen LogP contribution in [-0.4, -0.2) is 19.5 Å². The van der Waals surface area contributed by atoms with Gasteiger partial charge in [-0.3, -0.25) is 9.78 Å². The third-order valence-electron chi connectivity index (χ3n) is 3.57. The van der Waals surface area contributed by atoms with E-state index in [9.17, 15) is 9.59 Å². The molecule has 0 saturated heterocycles. The molecule has 0 amide bonds. The van der Waals surface area contributed by atoms with Crippen LogP contribution in [0.2, 0.25) is 0 Å². The molecule has 3 N–H and O–H groups in total. The first-order chi connectivity index (χ1) is 9.88. The van der Waals surface area contributed by atoms with Gasteiger partial charge in [0.2, 0.25) is 0 Å². The number of nitrogens with one attached hydrogen (secondary N) is 1. The minimum atomic E-state index is -0.702. The maximum absolute atomic E-state index is 12.0. The molecule has 0 radical (unpaired) electrons. The lowest BCUT2D eigenvalue weighted by Gasteiger charge is -2.20. The third-order valence-corrected chi connectivity index (χ3v) is 3.57. The van der Waals surface area contributed by atoms with Gasteiger partial charge in [-0.1, -0.05) is 0 Å². The highest BCUT2D eigenvalue weighted by molar-refractivity contribution is 5.85. The predicted molar refractivity (Wildman–Crippen MR) is 86.7 cm³/mol. The summed E-state index contributed by atoms with van der Waals surface area (Å²) >= 11 is 0. The minimum absolute atomic E-state index is 0. The van der Waals surface area contributed by atoms with Crippen LogP contribution in [0.5, 0.6) is 0 Å². The van der Waals surface area contributed by atoms with Crippen LogP contribution in [-0.2, 0) is 0 Å². The zero-order valence-electron chi connectivity index (χ0n) is 12.4. The van der Waals surface area contributed by atoms with E-state index in [1.54, 1.807) is 11.5 Å². The van der Waals surface area contributed by atoms with Crippen LogP contribution in [0, 0.1) is 13.8 Å². The smallest absolute Gasteiger partial charge is 0.311 e. The van der Waals surface area contributed by atoms with Crippen LogP contribution in [0.3, 0.4) is 0 Å². The molecule has 7 nitrogen and oxygen atoms in total. The summed E-state index contributed by atoms with van der Waals surface area (Å²) in [6.07, 6.45) is -0.450. The monoisotopic (exact) mass is 321 g/mol. The van der Waals surface area contributed by atoms with Crippen molar-refractivity contribution in [1.82, 2.24) is 19.5 Å². The predicted octanol–water partition coefficient (Wildman–Crippen LogP) is 1.10. The molecule has 0 bridgehead atoms. The van der Waals surface area contributed by atoms with Gasteiger partial charge in [-0.15, -0.1) is 12.4 Å². The summed E-state index contributed by atoms with van der Waals surface area (Å²) in [6.45, 7) is 5.72. The zero-order chi connectivity index (χ0) is 15.3. The minimum Gasteiger partial charge on any atom is -0.311 e. The summed E-state index contributed by atoms with van der Waals surface area (Å²) in [4.78, 5) is 33.8. The van der Waals surface area contributed by atoms with Crippen LogP contribution in [0.1, 0.15) is 24.2 Å². The quantitative estimate of drug-likeness (QED) is 0.653. The second-order valence-electron chi connectivity index (χ2n) is 5.19. The van der Waals surface area contributed by atoms with Gasteiger partial charge < -0.3 is 10.3 Å². The number of rotatable bonds is 1. The van der Waals surface area contributed by atoms with Crippen molar-refractivity contribution in [2.45, 2.75) is 26.9 Å². The van der Waals surface area contributed by atoms with E-state index in [2.05, 4.69) is 15.0 Å². The first-order valence-electron chi connectivity index (χ1n) is 6.57. The molecule has 1 atom stereocenters. The Morgan fingerprint density at radius 2 is 1.82 bits per heavy atom. The molecular weight excluding hydrogens is 306 g/mol. The Morgan fingerprint density at radius 1 is 1.18 bits per heavy atom. The van der Waals surface area contributed by atoms with Crippen molar-refractivity contribution in [2.24, 2.45) is 5.73 Å². The normalized spacial score (nSPS) is 12.4. The van der Waals surface area contributed by atoms with E-state index < -0.39 is 17.4 Å². The van der Waals surface area contributed by atoms with E-state index in [0.717, 1.165) is 16.6 Å². The fraction of sp³-hybridized carbons (Fsp3) is 0.286. The highest BCUT2D eigenvalue weighted by atomic mass is 35.5. The summed E-state index contributed by atoms with van der Waals surface area (Å²) in [5, 5.41) is 0. The fourth-order valence-electron chi connectivity index (χ4n) is 2.42. The average Bonchev–Trinajstić information content (AvgIpc) is 2.38. The van der Waals surface area contributed by atoms with E-state index >= 15 is 0 Å². The SMILES string of the molecule is Cc1cc2nc3c(=O)[nH]c(=O)nc-3n(C(C)N)c2cc1C.Cl. The highest BCUT2D eigenvalue weighted by Crippen LogP contribution is 2.25. The van der Waals surface area contributed by atoms with Gasteiger partial charge in [0.15, 0.2) is 11.5 Å². The summed E-state index contributed by atoms with van der Waals surface area (Å²) in [5.41, 5.74) is 8.41. The number of H-pyrrole nitrogens is 1. The van der Waals surface area contributed by atoms with Crippen LogP contribution in [0.25, 0.3) is 22.6 Å². The number of nitrogens with two attached hydrogens (primary N) is 1. The second kappa shape index (κ2) is 5.51. The molecule has 2 aliphatic rings. The van der Waals surface area contributed by atoms with Gasteiger partial charge in [-0.25, -0.2) is 9.78 Å². The maximum atomic E-state index is 12.0. The topological polar surface area (TPSA) is 107 Å². The zero-order valence-corrected chi connectivity index (χ0v) is 13.2.